The Bertz CT molecular complexity index is 7950. The number of imidazole rings is 5. The van der Waals surface area contributed by atoms with Crippen molar-refractivity contribution in [3.63, 3.8) is 0 Å². The minimum Gasteiger partial charge on any atom is -0.780 e. The van der Waals surface area contributed by atoms with Gasteiger partial charge in [-0.15, -0.1) is 0 Å². The monoisotopic (exact) mass is 2340 g/mol. The zero-order valence-electron chi connectivity index (χ0n) is 77.5. The Morgan fingerprint density at radius 1 is 0.360 bits per heavy atom. The number of ether oxygens (including phenoxy) is 7. The molecular weight excluding hydrogens is 2250 g/mol. The number of hydrogen-bond acceptors (Lipinski definition) is 60. The maximum absolute atomic E-state index is 15.1. The van der Waals surface area contributed by atoms with Gasteiger partial charge in [-0.2, -0.15) is 19.9 Å². The molecule has 0 amide bonds. The lowest BCUT2D eigenvalue weighted by Gasteiger charge is -2.36. The normalized spacial score (nSPS) is 29.1. The van der Waals surface area contributed by atoms with Gasteiger partial charge in [-0.1, -0.05) is 66.0 Å². The minimum atomic E-state index is -5.91. The van der Waals surface area contributed by atoms with Crippen LogP contribution in [-0.2, 0) is 177 Å². The molecule has 12 aromatic heterocycles. The van der Waals surface area contributed by atoms with E-state index >= 15 is 4.89 Å². The van der Waals surface area contributed by atoms with Crippen LogP contribution in [0.5, 0.6) is 0 Å². The van der Waals surface area contributed by atoms with Crippen LogP contribution in [0.3, 0.4) is 0 Å². The second kappa shape index (κ2) is 43.6. The predicted molar refractivity (Wildman–Crippen MR) is 522 cm³/mol. The van der Waals surface area contributed by atoms with E-state index in [4.69, 9.17) is 202 Å². The van der Waals surface area contributed by atoms with Crippen LogP contribution in [-0.4, -0.2) is 249 Å². The van der Waals surface area contributed by atoms with Crippen LogP contribution in [0, 0.1) is 13.8 Å². The number of hydrogen-bond donors (Lipinski definition) is 10. The molecule has 0 bridgehead atoms. The molecule has 7 aliphatic heterocycles. The second-order valence-corrected chi connectivity index (χ2v) is 52.2. The molecule has 12 aromatic rings. The molecule has 78 heteroatoms. The number of nitrogens with one attached hydrogen (secondary N) is 4. The average molecular weight is 2340 g/mol. The number of phosphoric acid groups is 1. The summed E-state index contributed by atoms with van der Waals surface area (Å²) in [5.41, 5.74) is 31.2. The number of anilines is 6. The third-order valence-electron chi connectivity index (χ3n) is 24.7. The molecule has 7 unspecified atom stereocenters. The molecule has 0 saturated carbocycles. The first kappa shape index (κ1) is 110. The van der Waals surface area contributed by atoms with Crippen LogP contribution < -0.4 is 97.4 Å². The topological polar surface area (TPSA) is 890 Å². The fourth-order valence-corrected chi connectivity index (χ4v) is 26.9. The van der Waals surface area contributed by atoms with Gasteiger partial charge in [0, 0.05) is 75.6 Å². The zero-order valence-corrected chi connectivity index (χ0v) is 88.7. The van der Waals surface area contributed by atoms with Crippen molar-refractivity contribution >= 4 is 211 Å². The average Bonchev–Trinajstić information content (AvgIpc) is 1.63. The van der Waals surface area contributed by atoms with E-state index in [1.54, 1.807) is 13.8 Å². The molecule has 0 aromatic carbocycles. The summed E-state index contributed by atoms with van der Waals surface area (Å²) >= 11 is 32.6. The maximum Gasteiger partial charge on any atom is 0.351 e. The number of aryl methyl sites for hydroxylation is 2. The third kappa shape index (κ3) is 24.2. The second-order valence-electron chi connectivity index (χ2n) is 34.5. The summed E-state index contributed by atoms with van der Waals surface area (Å²) < 4.78 is 164. The number of nitrogens with two attached hydrogens (primary N) is 6. The lowest BCUT2D eigenvalue weighted by Crippen LogP contribution is -2.34. The van der Waals surface area contributed by atoms with E-state index in [1.165, 1.54) is 65.8 Å². The van der Waals surface area contributed by atoms with Gasteiger partial charge >= 0.3 is 11.4 Å². The van der Waals surface area contributed by atoms with Crippen molar-refractivity contribution in [1.82, 2.24) is 117 Å². The minimum absolute atomic E-state index is 0.000604. The van der Waals surface area contributed by atoms with Crippen molar-refractivity contribution in [2.75, 3.05) is 81.2 Å². The lowest BCUT2D eigenvalue weighted by molar-refractivity contribution is -0.235. The van der Waals surface area contributed by atoms with Crippen LogP contribution in [0.15, 0.2) is 85.5 Å². The Hall–Kier alpha value is -8.51. The summed E-state index contributed by atoms with van der Waals surface area (Å²) in [5.74, 6) is -1.09. The number of fused-ring (bicyclic) bond motifs is 5. The van der Waals surface area contributed by atoms with Gasteiger partial charge in [-0.3, -0.25) is 80.2 Å². The number of nitrogens with zero attached hydrogens (tertiary/aromatic N) is 20. The number of aromatic nitrogens is 24. The Balaban J connectivity index is 0.550. The Morgan fingerprint density at radius 2 is 0.660 bits per heavy atom. The molecular formula is C72H86N30O35P7S6-7. The summed E-state index contributed by atoms with van der Waals surface area (Å²) in [4.78, 5) is 229. The highest BCUT2D eigenvalue weighted by Crippen LogP contribution is 2.57. The van der Waals surface area contributed by atoms with Crippen LogP contribution in [0.25, 0.3) is 55.8 Å². The first-order valence-electron chi connectivity index (χ1n) is 44.7. The summed E-state index contributed by atoms with van der Waals surface area (Å²) in [7, 11) is -4.86. The Morgan fingerprint density at radius 3 is 1.03 bits per heavy atom. The van der Waals surface area contributed by atoms with E-state index < -0.39 is 282 Å². The largest absolute Gasteiger partial charge is 0.780 e. The summed E-state index contributed by atoms with van der Waals surface area (Å²) in [6.07, 6.45) is -20.0. The number of nitrogen functional groups attached to an aromatic ring is 6. The standard InChI is InChI=1S/C72H93N30O35P7S6/c1-5-30-31(6-44(124-30)96-13-28(2)56(73)88-71(96)107)133-140(112,146)120-19-42-36(10-47(129-42)99-24-84-52-58(75)80-22-82-60(52)99)136-144(116,150)123-20-43-37(12-50(130-43)102-27-87-55-63(102)91-70(78)94-67(55)106)137-141(113,147)119-16-39-32(7-48(127-39)100-25-85-53-61(100)89-68(76)92-65(53)104)131-138(109,110)118-15-38-35(11-49(126-38)101-26-86-54-62(101)90-69(77)93-66(54)105)135-143(115,149)122-18-41-34(8-45(125-41)97-14-29(3)64(103)95-72(97)108)134-142(114,148)121-17-40-33(132-139(111,145)117-4)9-46(128-40)98-23-83-51-57(74)79-21-81-59(51)98/h13-14,21-27,30-50H,5-12,15-20H2,1-4H3,(H,109,110)(H,111,145)(H,112,146)(H,113,147)(H,114,148)(H,115,149)(H,116,150)(H2,73,88,107)(H2,74,79,81)(H2,75,80,82)(H,95,103,108)(H3,76,89,92,104)(H3,77,90,93,105)(H3,78,91,94,106)/p-7/t30-,31-,32-,33-,34-,35-,36-,37-,38-,39-,40-,41-,42-,43-,44-,45-,46-,47-,48-,49-,50-,139?,140?,141?,142?,143?,144?/m1/s1. The fourth-order valence-electron chi connectivity index (χ4n) is 17.7. The molecule has 0 aliphatic carbocycles. The van der Waals surface area contributed by atoms with E-state index in [1.807, 2.05) is 0 Å². The molecule has 16 N–H and O–H groups in total. The first-order chi connectivity index (χ1) is 71.0. The van der Waals surface area contributed by atoms with E-state index in [0.717, 1.165) is 36.9 Å². The van der Waals surface area contributed by atoms with Crippen LogP contribution in [0.4, 0.5) is 35.3 Å². The number of rotatable bonds is 41. The molecule has 7 saturated heterocycles. The molecule has 28 atom stereocenters. The summed E-state index contributed by atoms with van der Waals surface area (Å²) in [6, 6.07) is 0. The molecule has 0 spiro atoms. The smallest absolute Gasteiger partial charge is 0.351 e. The molecule has 19 rings (SSSR count). The maximum atomic E-state index is 15.1. The van der Waals surface area contributed by atoms with Crippen molar-refractivity contribution in [3.05, 3.63) is 130 Å². The Labute approximate surface area is 869 Å². The van der Waals surface area contributed by atoms with Gasteiger partial charge in [-0.05, 0) is 20.3 Å². The third-order valence-corrected chi connectivity index (χ3v) is 35.3. The van der Waals surface area contributed by atoms with Crippen molar-refractivity contribution in [2.24, 2.45) is 0 Å². The van der Waals surface area contributed by atoms with E-state index in [2.05, 4.69) is 84.7 Å². The molecule has 65 nitrogen and oxygen atoms in total. The van der Waals surface area contributed by atoms with Crippen molar-refractivity contribution in [3.8, 4) is 0 Å². The SMILES string of the molecule is CC[C@H]1O[C@@H](n2cc(C)c(N)nc2=O)C[C@H]1OP([O-])(=S)OC[C@H]1O[C@@H](n2cnc3c(N)ncnc32)C[C@H]1OP(=O)([S-])OC[C@H]1O[C@@H](n2cnc3c(=O)[nH]c(N)nc32)C[C@H]1OP([O-])(=S)OC[C@H]1O[C@@H](n2cnc3c(=O)[nH]c(N)nc32)C[C@H]1OP(=O)([O-])OC[C@H]1O[C@@H](n2cnc3c(=O)[nH]c(N)nc32)C[C@H]1OP([O-])(=S)OC[C@H]1O[C@@H](n2cc(C)c(=O)[nH]c2=O)C[C@H]1OP([O-])(=S)OC[C@H]1O[C@@H](n2cnc3c(N)ncnc32)C[C@H]1OP([O-])(=S)OC. The lowest BCUT2D eigenvalue weighted by atomic mass is 10.1. The summed E-state index contributed by atoms with van der Waals surface area (Å²) in [5, 5.41) is 0. The summed E-state index contributed by atoms with van der Waals surface area (Å²) in [6.45, 7) is -29.4. The van der Waals surface area contributed by atoms with E-state index in [-0.39, 0.29) is 110 Å². The number of phosphoric ester groups is 1. The van der Waals surface area contributed by atoms with Gasteiger partial charge in [0.05, 0.1) is 120 Å². The van der Waals surface area contributed by atoms with Crippen LogP contribution in [0.1, 0.15) is 113 Å². The van der Waals surface area contributed by atoms with Crippen molar-refractivity contribution in [2.45, 2.75) is 201 Å². The molecule has 0 radical (unpaired) electrons. The van der Waals surface area contributed by atoms with Gasteiger partial charge in [0.2, 0.25) is 17.8 Å². The molecule has 812 valence electrons. The molecule has 150 heavy (non-hydrogen) atoms. The van der Waals surface area contributed by atoms with Gasteiger partial charge < -0.3 is 173 Å². The highest BCUT2D eigenvalue weighted by molar-refractivity contribution is 8.32. The molecule has 19 heterocycles. The number of H-pyrrole nitrogens is 4. The zero-order chi connectivity index (χ0) is 107. The highest BCUT2D eigenvalue weighted by atomic mass is 32.7. The molecule has 7 aliphatic rings. The quantitative estimate of drug-likeness (QED) is 0.0134. The van der Waals surface area contributed by atoms with Gasteiger partial charge in [0.1, 0.15) is 143 Å². The highest BCUT2D eigenvalue weighted by Gasteiger charge is 2.50. The number of aromatic amines is 4. The van der Waals surface area contributed by atoms with Gasteiger partial charge in [0.15, 0.2) is 63.2 Å². The molecule has 7 fully saturated rings. The van der Waals surface area contributed by atoms with Crippen molar-refractivity contribution in [1.29, 1.82) is 0 Å². The van der Waals surface area contributed by atoms with Crippen LogP contribution >= 0.6 is 48.2 Å². The van der Waals surface area contributed by atoms with Crippen LogP contribution in [0.2, 0.25) is 0 Å². The fraction of sp³-hybridized carbons (Fsp3) is 0.542. The van der Waals surface area contributed by atoms with Gasteiger partial charge in [0.25, 0.3) is 30.1 Å². The van der Waals surface area contributed by atoms with Crippen molar-refractivity contribution < 1.29 is 135 Å². The van der Waals surface area contributed by atoms with E-state index in [0.29, 0.717) is 12.0 Å². The Kier molecular flexibility index (Phi) is 31.9. The van der Waals surface area contributed by atoms with Gasteiger partial charge in [-0.25, -0.2) is 54.4 Å². The first-order valence-corrected chi connectivity index (χ1v) is 61.5. The van der Waals surface area contributed by atoms with E-state index in [9.17, 15) is 62.4 Å². The predicted octanol–water partition coefficient (Wildman–Crippen LogP) is -3.10.